The number of amides is 2. The lowest BCUT2D eigenvalue weighted by atomic mass is 10.1. The molecule has 160 valence electrons. The van der Waals surface area contributed by atoms with Gasteiger partial charge >= 0.3 is 0 Å². The van der Waals surface area contributed by atoms with Crippen molar-refractivity contribution in [2.45, 2.75) is 19.0 Å². The first-order valence-electron chi connectivity index (χ1n) is 10.0. The number of rotatable bonds is 5. The maximum absolute atomic E-state index is 13.3. The van der Waals surface area contributed by atoms with E-state index >= 15 is 0 Å². The van der Waals surface area contributed by atoms with E-state index in [4.69, 9.17) is 0 Å². The molecular formula is C25H21N3O3S. The molecule has 0 fully saturated rings. The van der Waals surface area contributed by atoms with Gasteiger partial charge in [0.2, 0.25) is 5.91 Å². The third-order valence-corrected chi connectivity index (χ3v) is 5.77. The molecule has 0 spiro atoms. The number of carbonyl (C=O) groups excluding carboxylic acids is 2. The number of aryl methyl sites for hydroxylation is 2. The summed E-state index contributed by atoms with van der Waals surface area (Å²) in [6.07, 6.45) is 0. The van der Waals surface area contributed by atoms with Crippen LogP contribution in [0, 0.1) is 13.8 Å². The molecule has 4 rings (SSSR count). The smallest absolute Gasteiger partial charge is 0.266 e. The molecule has 0 aliphatic carbocycles. The molecule has 0 saturated carbocycles. The predicted molar refractivity (Wildman–Crippen MR) is 126 cm³/mol. The topological polar surface area (TPSA) is 81.1 Å². The first-order chi connectivity index (χ1) is 15.4. The molecule has 0 atom stereocenters. The lowest BCUT2D eigenvalue weighted by molar-refractivity contribution is -0.117. The zero-order valence-electron chi connectivity index (χ0n) is 17.7. The molecular weight excluding hydrogens is 422 g/mol. The Morgan fingerprint density at radius 2 is 1.59 bits per heavy atom. The number of nitrogens with zero attached hydrogens (tertiary/aromatic N) is 2. The lowest BCUT2D eigenvalue weighted by Crippen LogP contribution is -2.32. The average Bonchev–Trinajstić information content (AvgIpc) is 2.77. The fraction of sp³-hybridized carbons (Fsp3) is 0.120. The van der Waals surface area contributed by atoms with Gasteiger partial charge in [-0.25, -0.2) is 4.98 Å². The van der Waals surface area contributed by atoms with Crippen molar-refractivity contribution in [1.29, 1.82) is 0 Å². The number of imide groups is 1. The van der Waals surface area contributed by atoms with E-state index in [0.29, 0.717) is 27.3 Å². The average molecular weight is 444 g/mol. The zero-order chi connectivity index (χ0) is 22.7. The summed E-state index contributed by atoms with van der Waals surface area (Å²) in [5.41, 5.74) is 3.48. The van der Waals surface area contributed by atoms with Gasteiger partial charge in [-0.1, -0.05) is 48.2 Å². The fourth-order valence-corrected chi connectivity index (χ4v) is 4.28. The minimum atomic E-state index is -0.464. The van der Waals surface area contributed by atoms with Crippen LogP contribution in [0.5, 0.6) is 0 Å². The van der Waals surface area contributed by atoms with E-state index in [2.05, 4.69) is 10.3 Å². The number of fused-ring (bicyclic) bond motifs is 1. The van der Waals surface area contributed by atoms with Gasteiger partial charge in [-0.2, -0.15) is 0 Å². The summed E-state index contributed by atoms with van der Waals surface area (Å²) in [6, 6.07) is 21.5. The second-order valence-corrected chi connectivity index (χ2v) is 8.37. The van der Waals surface area contributed by atoms with Crippen LogP contribution in [0.4, 0.5) is 0 Å². The Bertz CT molecular complexity index is 1360. The van der Waals surface area contributed by atoms with Crippen LogP contribution in [0.2, 0.25) is 0 Å². The Kier molecular flexibility index (Phi) is 6.18. The quantitative estimate of drug-likeness (QED) is 0.372. The van der Waals surface area contributed by atoms with Crippen molar-refractivity contribution in [2.24, 2.45) is 0 Å². The van der Waals surface area contributed by atoms with Gasteiger partial charge in [-0.3, -0.25) is 24.3 Å². The van der Waals surface area contributed by atoms with Crippen molar-refractivity contribution in [3.05, 3.63) is 99.8 Å². The van der Waals surface area contributed by atoms with Gasteiger partial charge in [0.25, 0.3) is 11.5 Å². The van der Waals surface area contributed by atoms with E-state index in [1.165, 1.54) is 4.57 Å². The molecule has 0 aliphatic rings. The highest BCUT2D eigenvalue weighted by molar-refractivity contribution is 7.99. The Morgan fingerprint density at radius 3 is 2.31 bits per heavy atom. The van der Waals surface area contributed by atoms with Crippen molar-refractivity contribution in [2.75, 3.05) is 5.75 Å². The number of hydrogen-bond donors (Lipinski definition) is 1. The number of benzene rings is 3. The van der Waals surface area contributed by atoms with E-state index in [1.54, 1.807) is 48.5 Å². The Hall–Kier alpha value is -3.71. The Labute approximate surface area is 189 Å². The van der Waals surface area contributed by atoms with Crippen LogP contribution in [-0.2, 0) is 4.79 Å². The van der Waals surface area contributed by atoms with E-state index in [-0.39, 0.29) is 11.3 Å². The molecule has 0 saturated heterocycles. The zero-order valence-corrected chi connectivity index (χ0v) is 18.5. The van der Waals surface area contributed by atoms with E-state index in [9.17, 15) is 14.4 Å². The highest BCUT2D eigenvalue weighted by Gasteiger charge is 2.16. The normalized spacial score (nSPS) is 10.8. The molecule has 1 heterocycles. The molecule has 4 aromatic rings. The van der Waals surface area contributed by atoms with Crippen LogP contribution in [0.15, 0.2) is 82.7 Å². The minimum absolute atomic E-state index is 0.0614. The Morgan fingerprint density at radius 1 is 0.938 bits per heavy atom. The van der Waals surface area contributed by atoms with Crippen molar-refractivity contribution >= 4 is 34.5 Å². The first kappa shape index (κ1) is 21.5. The molecule has 32 heavy (non-hydrogen) atoms. The standard InChI is InChI=1S/C25H21N3O3S/c1-16-12-17(2)14-19(13-16)28-24(31)20-10-6-7-11-21(20)26-25(28)32-15-22(29)27-23(30)18-8-4-3-5-9-18/h3-14H,15H2,1-2H3,(H,27,29,30). The van der Waals surface area contributed by atoms with Crippen LogP contribution in [0.25, 0.3) is 16.6 Å². The van der Waals surface area contributed by atoms with Crippen LogP contribution in [0.3, 0.4) is 0 Å². The summed E-state index contributed by atoms with van der Waals surface area (Å²) in [5, 5.41) is 3.27. The number of para-hydroxylation sites is 1. The largest absolute Gasteiger partial charge is 0.292 e. The molecule has 7 heteroatoms. The van der Waals surface area contributed by atoms with Gasteiger partial charge in [0.05, 0.1) is 22.3 Å². The maximum atomic E-state index is 13.3. The van der Waals surface area contributed by atoms with Crippen LogP contribution in [0.1, 0.15) is 21.5 Å². The molecule has 0 radical (unpaired) electrons. The maximum Gasteiger partial charge on any atom is 0.266 e. The van der Waals surface area contributed by atoms with E-state index in [0.717, 1.165) is 22.9 Å². The number of aromatic nitrogens is 2. The molecule has 1 aromatic heterocycles. The minimum Gasteiger partial charge on any atom is -0.292 e. The number of nitrogens with one attached hydrogen (secondary N) is 1. The summed E-state index contributed by atoms with van der Waals surface area (Å²) in [7, 11) is 0. The van der Waals surface area contributed by atoms with E-state index in [1.807, 2.05) is 38.1 Å². The summed E-state index contributed by atoms with van der Waals surface area (Å²) >= 11 is 1.12. The van der Waals surface area contributed by atoms with Crippen LogP contribution in [-0.4, -0.2) is 27.1 Å². The van der Waals surface area contributed by atoms with Crippen molar-refractivity contribution in [3.63, 3.8) is 0 Å². The second-order valence-electron chi connectivity index (χ2n) is 7.43. The van der Waals surface area contributed by atoms with Gasteiger partial charge in [0, 0.05) is 5.56 Å². The molecule has 2 amide bonds. The van der Waals surface area contributed by atoms with Crippen molar-refractivity contribution < 1.29 is 9.59 Å². The summed E-state index contributed by atoms with van der Waals surface area (Å²) in [5.74, 6) is -0.985. The van der Waals surface area contributed by atoms with Gasteiger partial charge in [-0.05, 0) is 61.4 Å². The van der Waals surface area contributed by atoms with Gasteiger partial charge < -0.3 is 0 Å². The summed E-state index contributed by atoms with van der Waals surface area (Å²) in [4.78, 5) is 42.7. The molecule has 0 unspecified atom stereocenters. The third kappa shape index (κ3) is 4.63. The third-order valence-electron chi connectivity index (χ3n) is 4.83. The fourth-order valence-electron chi connectivity index (χ4n) is 3.47. The van der Waals surface area contributed by atoms with Crippen molar-refractivity contribution in [1.82, 2.24) is 14.9 Å². The predicted octanol–water partition coefficient (Wildman–Crippen LogP) is 4.05. The lowest BCUT2D eigenvalue weighted by Gasteiger charge is -2.14. The molecule has 0 aliphatic heterocycles. The Balaban J connectivity index is 1.66. The monoisotopic (exact) mass is 443 g/mol. The molecule has 1 N–H and O–H groups in total. The van der Waals surface area contributed by atoms with Crippen molar-refractivity contribution in [3.8, 4) is 5.69 Å². The number of thioether (sulfide) groups is 1. The SMILES string of the molecule is Cc1cc(C)cc(-n2c(SCC(=O)NC(=O)c3ccccc3)nc3ccccc3c2=O)c1. The highest BCUT2D eigenvalue weighted by Crippen LogP contribution is 2.22. The van der Waals surface area contributed by atoms with Crippen LogP contribution < -0.4 is 10.9 Å². The summed E-state index contributed by atoms with van der Waals surface area (Å²) in [6.45, 7) is 3.93. The second kappa shape index (κ2) is 9.20. The number of hydrogen-bond acceptors (Lipinski definition) is 5. The van der Waals surface area contributed by atoms with Gasteiger partial charge in [0.15, 0.2) is 5.16 Å². The van der Waals surface area contributed by atoms with Gasteiger partial charge in [-0.15, -0.1) is 0 Å². The van der Waals surface area contributed by atoms with E-state index < -0.39 is 11.8 Å². The summed E-state index contributed by atoms with van der Waals surface area (Å²) < 4.78 is 1.53. The van der Waals surface area contributed by atoms with Crippen LogP contribution >= 0.6 is 11.8 Å². The molecule has 3 aromatic carbocycles. The molecule has 0 bridgehead atoms. The number of carbonyl (C=O) groups is 2. The highest BCUT2D eigenvalue weighted by atomic mass is 32.2. The molecule has 6 nitrogen and oxygen atoms in total. The first-order valence-corrected chi connectivity index (χ1v) is 11.0. The van der Waals surface area contributed by atoms with Gasteiger partial charge in [0.1, 0.15) is 0 Å².